The number of amidine groups is 1. The fourth-order valence-electron chi connectivity index (χ4n) is 1.75. The molecule has 1 aromatic heterocycles. The molecule has 7 nitrogen and oxygen atoms in total. The van der Waals surface area contributed by atoms with E-state index in [1.807, 2.05) is 11.6 Å². The Morgan fingerprint density at radius 1 is 1.65 bits per heavy atom. The normalized spacial score (nSPS) is 17.7. The van der Waals surface area contributed by atoms with Crippen LogP contribution in [0.3, 0.4) is 0 Å². The van der Waals surface area contributed by atoms with Gasteiger partial charge in [-0.15, -0.1) is 10.2 Å². The van der Waals surface area contributed by atoms with Gasteiger partial charge in [0.2, 0.25) is 0 Å². The third-order valence-corrected chi connectivity index (χ3v) is 4.71. The van der Waals surface area contributed by atoms with Crippen molar-refractivity contribution in [3.8, 4) is 6.07 Å². The van der Waals surface area contributed by atoms with E-state index in [1.165, 1.54) is 11.3 Å². The van der Waals surface area contributed by atoms with Crippen LogP contribution in [0.15, 0.2) is 32.3 Å². The number of rotatable bonds is 8. The smallest absolute Gasteiger partial charge is 0.252 e. The van der Waals surface area contributed by atoms with E-state index in [4.69, 9.17) is 11.0 Å². The predicted molar refractivity (Wildman–Crippen MR) is 92.6 cm³/mol. The molecule has 0 spiro atoms. The van der Waals surface area contributed by atoms with Gasteiger partial charge in [-0.25, -0.2) is 0 Å². The van der Waals surface area contributed by atoms with Crippen LogP contribution >= 0.6 is 23.1 Å². The van der Waals surface area contributed by atoms with Crippen LogP contribution in [-0.4, -0.2) is 35.3 Å². The highest BCUT2D eigenvalue weighted by Crippen LogP contribution is 2.39. The summed E-state index contributed by atoms with van der Waals surface area (Å²) >= 11 is 3.11. The zero-order valence-corrected chi connectivity index (χ0v) is 14.4. The summed E-state index contributed by atoms with van der Waals surface area (Å²) in [5.74, 6) is 0.827. The Hall–Kier alpha value is -1.92. The van der Waals surface area contributed by atoms with Crippen molar-refractivity contribution in [3.05, 3.63) is 22.4 Å². The molecule has 0 bridgehead atoms. The first-order valence-electron chi connectivity index (χ1n) is 7.09. The van der Waals surface area contributed by atoms with Gasteiger partial charge >= 0.3 is 0 Å². The van der Waals surface area contributed by atoms with Gasteiger partial charge in [0.15, 0.2) is 5.54 Å². The maximum absolute atomic E-state index is 12.2. The maximum atomic E-state index is 12.2. The van der Waals surface area contributed by atoms with E-state index in [0.717, 1.165) is 5.75 Å². The lowest BCUT2D eigenvalue weighted by atomic mass is 10.2. The first-order valence-corrected chi connectivity index (χ1v) is 9.42. The van der Waals surface area contributed by atoms with Gasteiger partial charge in [-0.2, -0.15) is 28.4 Å². The fourth-order valence-corrected chi connectivity index (χ4v) is 2.85. The lowest BCUT2D eigenvalue weighted by Crippen LogP contribution is -2.44. The van der Waals surface area contributed by atoms with E-state index >= 15 is 0 Å². The summed E-state index contributed by atoms with van der Waals surface area (Å²) in [5.41, 5.74) is 5.83. The van der Waals surface area contributed by atoms with Gasteiger partial charge in [0.1, 0.15) is 5.84 Å². The van der Waals surface area contributed by atoms with Crippen LogP contribution in [0, 0.1) is 11.3 Å². The molecular weight excluding hydrogens is 332 g/mol. The molecule has 0 radical (unpaired) electrons. The lowest BCUT2D eigenvalue weighted by Gasteiger charge is -2.16. The van der Waals surface area contributed by atoms with Crippen LogP contribution in [0.1, 0.15) is 29.6 Å². The monoisotopic (exact) mass is 350 g/mol. The largest absolute Gasteiger partial charge is 0.384 e. The second kappa shape index (κ2) is 8.08. The van der Waals surface area contributed by atoms with E-state index in [1.54, 1.807) is 23.2 Å². The molecule has 2 rings (SSSR count). The van der Waals surface area contributed by atoms with Crippen LogP contribution in [0.4, 0.5) is 0 Å². The molecule has 3 N–H and O–H groups in total. The van der Waals surface area contributed by atoms with E-state index in [2.05, 4.69) is 26.8 Å². The van der Waals surface area contributed by atoms with Crippen LogP contribution in [0.5, 0.6) is 0 Å². The molecule has 9 heteroatoms. The summed E-state index contributed by atoms with van der Waals surface area (Å²) in [6.07, 6.45) is 4.03. The number of carbonyl (C=O) groups is 1. The van der Waals surface area contributed by atoms with Crippen molar-refractivity contribution in [1.29, 1.82) is 5.26 Å². The molecule has 1 heterocycles. The first-order chi connectivity index (χ1) is 11.1. The number of nitriles is 1. The summed E-state index contributed by atoms with van der Waals surface area (Å²) in [4.78, 5) is 12.2. The van der Waals surface area contributed by atoms with E-state index in [-0.39, 0.29) is 11.7 Å². The van der Waals surface area contributed by atoms with Crippen LogP contribution in [0.25, 0.3) is 0 Å². The lowest BCUT2D eigenvalue weighted by molar-refractivity contribution is 0.0946. The second-order valence-electron chi connectivity index (χ2n) is 5.18. The minimum absolute atomic E-state index is 0.192. The van der Waals surface area contributed by atoms with Gasteiger partial charge in [0, 0.05) is 5.38 Å². The number of nitrogens with two attached hydrogens (primary N) is 1. The van der Waals surface area contributed by atoms with E-state index in [9.17, 15) is 4.79 Å². The number of hydrogen-bond acceptors (Lipinski definition) is 6. The average Bonchev–Trinajstić information content (AvgIpc) is 3.11. The summed E-state index contributed by atoms with van der Waals surface area (Å²) < 4.78 is 0. The molecule has 0 aliphatic heterocycles. The van der Waals surface area contributed by atoms with Crippen molar-refractivity contribution >= 4 is 34.8 Å². The van der Waals surface area contributed by atoms with Crippen LogP contribution in [0.2, 0.25) is 0 Å². The van der Waals surface area contributed by atoms with Gasteiger partial charge in [-0.3, -0.25) is 4.79 Å². The molecule has 1 atom stereocenters. The van der Waals surface area contributed by atoms with Crippen LogP contribution in [-0.2, 0) is 0 Å². The molecule has 0 saturated heterocycles. The molecule has 23 heavy (non-hydrogen) atoms. The average molecular weight is 350 g/mol. The third kappa shape index (κ3) is 5.04. The highest BCUT2D eigenvalue weighted by molar-refractivity contribution is 7.98. The van der Waals surface area contributed by atoms with Crippen molar-refractivity contribution in [1.82, 2.24) is 5.32 Å². The van der Waals surface area contributed by atoms with E-state index < -0.39 is 11.6 Å². The summed E-state index contributed by atoms with van der Waals surface area (Å²) in [6.45, 7) is 0. The molecule has 1 aliphatic carbocycles. The topological polar surface area (TPSA) is 116 Å². The molecule has 1 aliphatic rings. The van der Waals surface area contributed by atoms with Gasteiger partial charge in [0.25, 0.3) is 5.91 Å². The van der Waals surface area contributed by atoms with Gasteiger partial charge in [-0.05, 0) is 47.9 Å². The Balaban J connectivity index is 2.01. The Bertz CT molecular complexity index is 630. The third-order valence-electron chi connectivity index (χ3n) is 3.38. The summed E-state index contributed by atoms with van der Waals surface area (Å²) in [7, 11) is 0. The van der Waals surface area contributed by atoms with E-state index in [0.29, 0.717) is 24.8 Å². The molecule has 0 aromatic carbocycles. The van der Waals surface area contributed by atoms with Crippen molar-refractivity contribution in [2.75, 3.05) is 12.0 Å². The molecule has 1 amide bonds. The summed E-state index contributed by atoms with van der Waals surface area (Å²) in [5, 5.41) is 26.9. The quantitative estimate of drug-likeness (QED) is 0.324. The number of thioether (sulfide) groups is 1. The number of thiophene rings is 1. The molecule has 122 valence electrons. The molecule has 1 saturated carbocycles. The Morgan fingerprint density at radius 2 is 2.43 bits per heavy atom. The van der Waals surface area contributed by atoms with Gasteiger partial charge in [-0.1, -0.05) is 0 Å². The molecular formula is C14H18N6OS2. The zero-order valence-electron chi connectivity index (χ0n) is 12.7. The zero-order chi connectivity index (χ0) is 16.7. The van der Waals surface area contributed by atoms with Crippen molar-refractivity contribution in [2.24, 2.45) is 21.2 Å². The number of nitrogens with zero attached hydrogens (tertiary/aromatic N) is 4. The SMILES string of the molecule is CSCCC(NC(=O)c1ccsc1)C(N)=NN=NC1(C#N)CC1. The second-order valence-corrected chi connectivity index (χ2v) is 6.94. The van der Waals surface area contributed by atoms with Crippen molar-refractivity contribution < 1.29 is 4.79 Å². The first kappa shape index (κ1) is 17.4. The standard InChI is InChI=1S/C14H18N6OS2/c1-22-6-3-11(17-13(21)10-2-7-23-8-10)12(16)18-20-19-14(9-15)4-5-14/h2,7-8,11H,3-6H2,1H3,(H,17,21)(H2,16,18,19). The molecule has 1 unspecified atom stereocenters. The number of hydrogen-bond donors (Lipinski definition) is 2. The fraction of sp³-hybridized carbons (Fsp3) is 0.500. The number of amides is 1. The Morgan fingerprint density at radius 3 is 3.00 bits per heavy atom. The number of carbonyl (C=O) groups excluding carboxylic acids is 1. The maximum Gasteiger partial charge on any atom is 0.252 e. The minimum atomic E-state index is -0.710. The Labute approximate surface area is 143 Å². The van der Waals surface area contributed by atoms with Crippen molar-refractivity contribution in [2.45, 2.75) is 30.8 Å². The van der Waals surface area contributed by atoms with Gasteiger partial charge in [0.05, 0.1) is 17.7 Å². The van der Waals surface area contributed by atoms with Gasteiger partial charge < -0.3 is 11.1 Å². The highest BCUT2D eigenvalue weighted by Gasteiger charge is 2.44. The minimum Gasteiger partial charge on any atom is -0.384 e. The van der Waals surface area contributed by atoms with Crippen LogP contribution < -0.4 is 11.1 Å². The molecule has 1 aromatic rings. The van der Waals surface area contributed by atoms with Crippen molar-refractivity contribution in [3.63, 3.8) is 0 Å². The Kier molecular flexibility index (Phi) is 6.12. The summed E-state index contributed by atoms with van der Waals surface area (Å²) in [6, 6.07) is 3.44. The molecule has 1 fully saturated rings. The highest BCUT2D eigenvalue weighted by atomic mass is 32.2. The number of nitrogens with one attached hydrogen (secondary N) is 1. The predicted octanol–water partition coefficient (Wildman–Crippen LogP) is 2.38.